The van der Waals surface area contributed by atoms with Gasteiger partial charge in [0.2, 0.25) is 0 Å². The summed E-state index contributed by atoms with van der Waals surface area (Å²) in [5.41, 5.74) is 1.48. The van der Waals surface area contributed by atoms with E-state index in [-0.39, 0.29) is 11.8 Å². The van der Waals surface area contributed by atoms with Crippen molar-refractivity contribution in [1.29, 1.82) is 0 Å². The van der Waals surface area contributed by atoms with Gasteiger partial charge in [-0.25, -0.2) is 4.79 Å². The van der Waals surface area contributed by atoms with Crippen molar-refractivity contribution in [3.05, 3.63) is 29.3 Å². The van der Waals surface area contributed by atoms with Gasteiger partial charge in [-0.05, 0) is 37.0 Å². The van der Waals surface area contributed by atoms with Gasteiger partial charge >= 0.3 is 5.97 Å². The van der Waals surface area contributed by atoms with Gasteiger partial charge in [0.15, 0.2) is 0 Å². The van der Waals surface area contributed by atoms with Gasteiger partial charge in [-0.1, -0.05) is 19.9 Å². The van der Waals surface area contributed by atoms with Crippen LogP contribution in [-0.4, -0.2) is 25.0 Å². The van der Waals surface area contributed by atoms with Crippen molar-refractivity contribution in [2.24, 2.45) is 5.92 Å². The summed E-state index contributed by atoms with van der Waals surface area (Å²) in [7, 11) is 1.32. The van der Waals surface area contributed by atoms with Crippen LogP contribution < -0.4 is 5.32 Å². The van der Waals surface area contributed by atoms with E-state index in [1.807, 2.05) is 32.9 Å². The Morgan fingerprint density at radius 2 is 2.00 bits per heavy atom. The molecule has 0 aliphatic rings. The number of amides is 1. The number of nitrogens with one attached hydrogen (secondary N) is 1. The highest BCUT2D eigenvalue weighted by atomic mass is 32.1. The lowest BCUT2D eigenvalue weighted by Gasteiger charge is -2.18. The fraction of sp³-hybridized carbons (Fsp3) is 0.467. The van der Waals surface area contributed by atoms with Gasteiger partial charge < -0.3 is 10.1 Å². The quantitative estimate of drug-likeness (QED) is 0.648. The summed E-state index contributed by atoms with van der Waals surface area (Å²) in [5, 5.41) is 2.71. The minimum atomic E-state index is -0.637. The average molecular weight is 295 g/mol. The molecule has 110 valence electrons. The summed E-state index contributed by atoms with van der Waals surface area (Å²) in [4.78, 5) is 24.5. The predicted molar refractivity (Wildman–Crippen MR) is 81.2 cm³/mol. The van der Waals surface area contributed by atoms with E-state index < -0.39 is 12.0 Å². The number of esters is 1. The highest BCUT2D eigenvalue weighted by Gasteiger charge is 2.23. The number of carbonyl (C=O) groups is 2. The lowest BCUT2D eigenvalue weighted by Crippen LogP contribution is -2.42. The number of benzene rings is 1. The first-order valence-corrected chi connectivity index (χ1v) is 6.98. The average Bonchev–Trinajstić information content (AvgIpc) is 2.36. The smallest absolute Gasteiger partial charge is 0.328 e. The maximum atomic E-state index is 12.2. The van der Waals surface area contributed by atoms with Gasteiger partial charge in [0, 0.05) is 4.90 Å². The lowest BCUT2D eigenvalue weighted by molar-refractivity contribution is -0.143. The van der Waals surface area contributed by atoms with Crippen molar-refractivity contribution >= 4 is 24.5 Å². The van der Waals surface area contributed by atoms with Crippen LogP contribution in [0.15, 0.2) is 23.1 Å². The lowest BCUT2D eigenvalue weighted by atomic mass is 10.0. The van der Waals surface area contributed by atoms with E-state index in [9.17, 15) is 9.59 Å². The highest BCUT2D eigenvalue weighted by Crippen LogP contribution is 2.16. The molecule has 0 aromatic heterocycles. The predicted octanol–water partition coefficient (Wildman–Crippen LogP) is 2.60. The van der Waals surface area contributed by atoms with E-state index in [0.29, 0.717) is 16.9 Å². The van der Waals surface area contributed by atoms with E-state index in [1.165, 1.54) is 7.11 Å². The third-order valence-corrected chi connectivity index (χ3v) is 3.27. The number of ether oxygens (including phenoxy) is 1. The molecule has 0 bridgehead atoms. The Labute approximate surface area is 125 Å². The summed E-state index contributed by atoms with van der Waals surface area (Å²) < 4.78 is 4.73. The SMILES string of the molecule is COC(=O)C(CC(C)C)NC(=O)c1ccc(C)cc1S. The Morgan fingerprint density at radius 1 is 1.35 bits per heavy atom. The summed E-state index contributed by atoms with van der Waals surface area (Å²) >= 11 is 4.30. The Morgan fingerprint density at radius 3 is 2.50 bits per heavy atom. The zero-order valence-electron chi connectivity index (χ0n) is 12.3. The molecule has 0 saturated heterocycles. The van der Waals surface area contributed by atoms with Gasteiger partial charge in [0.1, 0.15) is 6.04 Å². The minimum Gasteiger partial charge on any atom is -0.467 e. The molecule has 1 amide bonds. The monoisotopic (exact) mass is 295 g/mol. The molecule has 1 unspecified atom stereocenters. The van der Waals surface area contributed by atoms with Crippen molar-refractivity contribution in [3.8, 4) is 0 Å². The summed E-state index contributed by atoms with van der Waals surface area (Å²) in [5.74, 6) is -0.473. The fourth-order valence-electron chi connectivity index (χ4n) is 1.90. The van der Waals surface area contributed by atoms with Gasteiger partial charge in [-0.15, -0.1) is 12.6 Å². The van der Waals surface area contributed by atoms with Crippen molar-refractivity contribution in [2.75, 3.05) is 7.11 Å². The largest absolute Gasteiger partial charge is 0.467 e. The molecular formula is C15H21NO3S. The van der Waals surface area contributed by atoms with Gasteiger partial charge in [0.05, 0.1) is 12.7 Å². The first kappa shape index (κ1) is 16.6. The number of rotatable bonds is 5. The minimum absolute atomic E-state index is 0.271. The molecule has 1 rings (SSSR count). The third-order valence-electron chi connectivity index (χ3n) is 2.90. The Kier molecular flexibility index (Phi) is 6.07. The van der Waals surface area contributed by atoms with E-state index in [0.717, 1.165) is 5.56 Å². The zero-order chi connectivity index (χ0) is 15.3. The van der Waals surface area contributed by atoms with Crippen LogP contribution in [0, 0.1) is 12.8 Å². The number of hydrogen-bond donors (Lipinski definition) is 2. The molecule has 1 aromatic carbocycles. The van der Waals surface area contributed by atoms with Crippen molar-refractivity contribution < 1.29 is 14.3 Å². The molecule has 0 aliphatic heterocycles. The standard InChI is InChI=1S/C15H21NO3S/c1-9(2)7-12(15(18)19-4)16-14(17)11-6-5-10(3)8-13(11)20/h5-6,8-9,12,20H,7H2,1-4H3,(H,16,17). The first-order valence-electron chi connectivity index (χ1n) is 6.53. The number of carbonyl (C=O) groups excluding carboxylic acids is 2. The van der Waals surface area contributed by atoms with Crippen molar-refractivity contribution in [1.82, 2.24) is 5.32 Å². The number of methoxy groups -OCH3 is 1. The number of hydrogen-bond acceptors (Lipinski definition) is 4. The first-order chi connectivity index (χ1) is 9.35. The summed E-state index contributed by atoms with van der Waals surface area (Å²) in [6, 6.07) is 4.72. The third kappa shape index (κ3) is 4.56. The number of aryl methyl sites for hydroxylation is 1. The molecule has 4 nitrogen and oxygen atoms in total. The second kappa shape index (κ2) is 7.33. The van der Waals surface area contributed by atoms with E-state index >= 15 is 0 Å². The zero-order valence-corrected chi connectivity index (χ0v) is 13.2. The normalized spacial score (nSPS) is 12.1. The highest BCUT2D eigenvalue weighted by molar-refractivity contribution is 7.80. The molecule has 0 heterocycles. The van der Waals surface area contributed by atoms with Crippen molar-refractivity contribution in [3.63, 3.8) is 0 Å². The molecule has 20 heavy (non-hydrogen) atoms. The Bertz CT molecular complexity index is 500. The maximum Gasteiger partial charge on any atom is 0.328 e. The summed E-state index contributed by atoms with van der Waals surface area (Å²) in [6.45, 7) is 5.90. The van der Waals surface area contributed by atoms with Crippen LogP contribution in [0.3, 0.4) is 0 Å². The number of thiol groups is 1. The van der Waals surface area contributed by atoms with Crippen molar-refractivity contribution in [2.45, 2.75) is 38.1 Å². The second-order valence-electron chi connectivity index (χ2n) is 5.20. The molecule has 1 atom stereocenters. The molecule has 1 N–H and O–H groups in total. The van der Waals surface area contributed by atoms with E-state index in [4.69, 9.17) is 4.74 Å². The molecule has 5 heteroatoms. The van der Waals surface area contributed by atoms with Crippen LogP contribution in [0.4, 0.5) is 0 Å². The van der Waals surface area contributed by atoms with Crippen LogP contribution >= 0.6 is 12.6 Å². The van der Waals surface area contributed by atoms with Gasteiger partial charge in [0.25, 0.3) is 5.91 Å². The maximum absolute atomic E-state index is 12.2. The van der Waals surface area contributed by atoms with Crippen LogP contribution in [0.1, 0.15) is 36.2 Å². The van der Waals surface area contributed by atoms with E-state index in [1.54, 1.807) is 6.07 Å². The van der Waals surface area contributed by atoms with E-state index in [2.05, 4.69) is 17.9 Å². The Hall–Kier alpha value is -1.49. The second-order valence-corrected chi connectivity index (χ2v) is 5.68. The molecule has 0 saturated carbocycles. The van der Waals surface area contributed by atoms with Gasteiger partial charge in [-0.3, -0.25) is 4.79 Å². The fourth-order valence-corrected chi connectivity index (χ4v) is 2.28. The molecule has 0 fully saturated rings. The topological polar surface area (TPSA) is 55.4 Å². The van der Waals surface area contributed by atoms with Crippen LogP contribution in [0.2, 0.25) is 0 Å². The Balaban J connectivity index is 2.87. The molecule has 0 aliphatic carbocycles. The molecule has 0 spiro atoms. The molecular weight excluding hydrogens is 274 g/mol. The van der Waals surface area contributed by atoms with Gasteiger partial charge in [-0.2, -0.15) is 0 Å². The van der Waals surface area contributed by atoms with Crippen LogP contribution in [0.5, 0.6) is 0 Å². The van der Waals surface area contributed by atoms with Crippen LogP contribution in [0.25, 0.3) is 0 Å². The molecule has 1 aromatic rings. The van der Waals surface area contributed by atoms with Crippen LogP contribution in [-0.2, 0) is 9.53 Å². The molecule has 0 radical (unpaired) electrons. The summed E-state index contributed by atoms with van der Waals surface area (Å²) in [6.07, 6.45) is 0.534.